The third-order valence-corrected chi connectivity index (χ3v) is 4.26. The van der Waals surface area contributed by atoms with Gasteiger partial charge >= 0.3 is 0 Å². The van der Waals surface area contributed by atoms with Crippen LogP contribution in [0.3, 0.4) is 0 Å². The van der Waals surface area contributed by atoms with Gasteiger partial charge in [-0.3, -0.25) is 11.3 Å². The lowest BCUT2D eigenvalue weighted by atomic mass is 9.96. The summed E-state index contributed by atoms with van der Waals surface area (Å²) in [4.78, 5) is 0. The maximum absolute atomic E-state index is 6.29. The van der Waals surface area contributed by atoms with Gasteiger partial charge in [0.05, 0.1) is 12.1 Å². The first-order valence-corrected chi connectivity index (χ1v) is 7.80. The molecule has 0 fully saturated rings. The van der Waals surface area contributed by atoms with Gasteiger partial charge in [-0.2, -0.15) is 0 Å². The summed E-state index contributed by atoms with van der Waals surface area (Å²) in [6.45, 7) is 0. The quantitative estimate of drug-likeness (QED) is 0.600. The first-order chi connectivity index (χ1) is 10.2. The zero-order valence-corrected chi connectivity index (χ0v) is 14.1. The topological polar surface area (TPSA) is 47.3 Å². The molecule has 0 aliphatic carbocycles. The van der Waals surface area contributed by atoms with Crippen LogP contribution >= 0.6 is 27.5 Å². The standard InChI is InChI=1S/C16H18BrClN2O/c1-21-16(11-5-3-2-4-6-11)15(20-19)9-12-7-8-13(17)10-14(12)18/h2-8,10,15-16,20H,9,19H2,1H3. The summed E-state index contributed by atoms with van der Waals surface area (Å²) in [5, 5.41) is 0.715. The van der Waals surface area contributed by atoms with Crippen molar-refractivity contribution in [3.05, 3.63) is 69.2 Å². The molecule has 5 heteroatoms. The zero-order valence-electron chi connectivity index (χ0n) is 11.7. The Balaban J connectivity index is 2.22. The molecule has 0 amide bonds. The van der Waals surface area contributed by atoms with E-state index in [0.717, 1.165) is 15.6 Å². The van der Waals surface area contributed by atoms with Crippen LogP contribution in [0.25, 0.3) is 0 Å². The molecule has 2 aromatic rings. The van der Waals surface area contributed by atoms with E-state index in [4.69, 9.17) is 22.2 Å². The van der Waals surface area contributed by atoms with E-state index in [1.807, 2.05) is 48.5 Å². The van der Waals surface area contributed by atoms with Crippen molar-refractivity contribution in [3.63, 3.8) is 0 Å². The average Bonchev–Trinajstić information content (AvgIpc) is 2.50. The van der Waals surface area contributed by atoms with Crippen LogP contribution in [0.15, 0.2) is 53.0 Å². The number of benzene rings is 2. The maximum Gasteiger partial charge on any atom is 0.0990 e. The number of nitrogens with two attached hydrogens (primary N) is 1. The van der Waals surface area contributed by atoms with E-state index in [9.17, 15) is 0 Å². The molecular formula is C16H18BrClN2O. The summed E-state index contributed by atoms with van der Waals surface area (Å²) in [6, 6.07) is 15.8. The smallest absolute Gasteiger partial charge is 0.0990 e. The summed E-state index contributed by atoms with van der Waals surface area (Å²) in [5.74, 6) is 5.73. The normalized spacial score (nSPS) is 13.9. The van der Waals surface area contributed by atoms with Crippen molar-refractivity contribution in [3.8, 4) is 0 Å². The molecule has 2 aromatic carbocycles. The second-order valence-corrected chi connectivity index (χ2v) is 6.10. The second-order valence-electron chi connectivity index (χ2n) is 4.78. The lowest BCUT2D eigenvalue weighted by molar-refractivity contribution is 0.0679. The van der Waals surface area contributed by atoms with Crippen LogP contribution in [0, 0.1) is 0 Å². The van der Waals surface area contributed by atoms with Crippen LogP contribution < -0.4 is 11.3 Å². The lowest BCUT2D eigenvalue weighted by Gasteiger charge is -2.26. The van der Waals surface area contributed by atoms with Crippen LogP contribution in [0.2, 0.25) is 5.02 Å². The van der Waals surface area contributed by atoms with Gasteiger partial charge in [0.15, 0.2) is 0 Å². The van der Waals surface area contributed by atoms with Crippen molar-refractivity contribution >= 4 is 27.5 Å². The summed E-state index contributed by atoms with van der Waals surface area (Å²) < 4.78 is 6.59. The number of hydrogen-bond acceptors (Lipinski definition) is 3. The number of methoxy groups -OCH3 is 1. The second kappa shape index (κ2) is 7.92. The van der Waals surface area contributed by atoms with Gasteiger partial charge in [-0.05, 0) is 29.7 Å². The van der Waals surface area contributed by atoms with Crippen molar-refractivity contribution in [1.82, 2.24) is 5.43 Å². The fourth-order valence-corrected chi connectivity index (χ4v) is 3.10. The average molecular weight is 370 g/mol. The van der Waals surface area contributed by atoms with E-state index in [1.54, 1.807) is 7.11 Å². The van der Waals surface area contributed by atoms with Gasteiger partial charge in [0, 0.05) is 16.6 Å². The number of rotatable bonds is 6. The highest BCUT2D eigenvalue weighted by atomic mass is 79.9. The number of hydrazine groups is 1. The summed E-state index contributed by atoms with van der Waals surface area (Å²) >= 11 is 9.69. The molecule has 21 heavy (non-hydrogen) atoms. The van der Waals surface area contributed by atoms with Crippen molar-refractivity contribution < 1.29 is 4.74 Å². The summed E-state index contributed by atoms with van der Waals surface area (Å²) in [5.41, 5.74) is 4.95. The van der Waals surface area contributed by atoms with E-state index in [-0.39, 0.29) is 12.1 Å². The van der Waals surface area contributed by atoms with Crippen molar-refractivity contribution in [2.75, 3.05) is 7.11 Å². The largest absolute Gasteiger partial charge is 0.375 e. The van der Waals surface area contributed by atoms with Crippen LogP contribution in [0.1, 0.15) is 17.2 Å². The van der Waals surface area contributed by atoms with Crippen molar-refractivity contribution in [2.45, 2.75) is 18.6 Å². The van der Waals surface area contributed by atoms with Crippen LogP contribution in [0.5, 0.6) is 0 Å². The molecule has 2 rings (SSSR count). The molecule has 0 spiro atoms. The molecule has 0 saturated heterocycles. The van der Waals surface area contributed by atoms with Crippen LogP contribution in [-0.2, 0) is 11.2 Å². The molecule has 112 valence electrons. The third kappa shape index (κ3) is 4.28. The molecule has 0 saturated carbocycles. The highest BCUT2D eigenvalue weighted by Crippen LogP contribution is 2.27. The van der Waals surface area contributed by atoms with Gasteiger partial charge in [0.1, 0.15) is 0 Å². The molecule has 0 radical (unpaired) electrons. The number of halogens is 2. The Morgan fingerprint density at radius 3 is 2.52 bits per heavy atom. The Morgan fingerprint density at radius 2 is 1.95 bits per heavy atom. The molecule has 3 nitrogen and oxygen atoms in total. The first kappa shape index (κ1) is 16.5. The van der Waals surface area contributed by atoms with Gasteiger partial charge in [0.2, 0.25) is 0 Å². The molecule has 0 heterocycles. The van der Waals surface area contributed by atoms with Crippen molar-refractivity contribution in [1.29, 1.82) is 0 Å². The summed E-state index contributed by atoms with van der Waals surface area (Å²) in [6.07, 6.45) is 0.534. The molecule has 0 aliphatic rings. The monoisotopic (exact) mass is 368 g/mol. The zero-order chi connectivity index (χ0) is 15.2. The Hall–Kier alpha value is -0.910. The molecule has 2 unspecified atom stereocenters. The lowest BCUT2D eigenvalue weighted by Crippen LogP contribution is -2.42. The molecule has 2 atom stereocenters. The van der Waals surface area contributed by atoms with Crippen LogP contribution in [-0.4, -0.2) is 13.2 Å². The van der Waals surface area contributed by atoms with E-state index < -0.39 is 0 Å². The molecule has 0 aliphatic heterocycles. The Bertz CT molecular complexity index is 580. The minimum Gasteiger partial charge on any atom is -0.375 e. The first-order valence-electron chi connectivity index (χ1n) is 6.63. The van der Waals surface area contributed by atoms with Crippen molar-refractivity contribution in [2.24, 2.45) is 5.84 Å². The minimum atomic E-state index is -0.143. The molecule has 0 bridgehead atoms. The highest BCUT2D eigenvalue weighted by Gasteiger charge is 2.23. The summed E-state index contributed by atoms with van der Waals surface area (Å²) in [7, 11) is 1.69. The predicted molar refractivity (Wildman–Crippen MR) is 90.2 cm³/mol. The van der Waals surface area contributed by atoms with Gasteiger partial charge in [-0.1, -0.05) is 63.9 Å². The van der Waals surface area contributed by atoms with Crippen LogP contribution in [0.4, 0.5) is 0 Å². The van der Waals surface area contributed by atoms with Gasteiger partial charge in [-0.15, -0.1) is 0 Å². The van der Waals surface area contributed by atoms with E-state index in [2.05, 4.69) is 21.4 Å². The number of ether oxygens (including phenoxy) is 1. The molecular weight excluding hydrogens is 352 g/mol. The predicted octanol–water partition coefficient (Wildman–Crippen LogP) is 3.86. The SMILES string of the molecule is COC(c1ccccc1)C(Cc1ccc(Br)cc1Cl)NN. The van der Waals surface area contributed by atoms with E-state index >= 15 is 0 Å². The minimum absolute atomic E-state index is 0.0731. The fourth-order valence-electron chi connectivity index (χ4n) is 2.35. The van der Waals surface area contributed by atoms with E-state index in [0.29, 0.717) is 11.4 Å². The highest BCUT2D eigenvalue weighted by molar-refractivity contribution is 9.10. The van der Waals surface area contributed by atoms with Gasteiger partial charge < -0.3 is 4.74 Å². The molecule has 0 aromatic heterocycles. The number of hydrogen-bond donors (Lipinski definition) is 2. The Kier molecular flexibility index (Phi) is 6.21. The Morgan fingerprint density at radius 1 is 1.24 bits per heavy atom. The third-order valence-electron chi connectivity index (χ3n) is 3.42. The van der Waals surface area contributed by atoms with Gasteiger partial charge in [0.25, 0.3) is 0 Å². The maximum atomic E-state index is 6.29. The number of nitrogens with one attached hydrogen (secondary N) is 1. The fraction of sp³-hybridized carbons (Fsp3) is 0.250. The molecule has 3 N–H and O–H groups in total. The van der Waals surface area contributed by atoms with E-state index in [1.165, 1.54) is 0 Å². The Labute approximate surface area is 138 Å². The van der Waals surface area contributed by atoms with Gasteiger partial charge in [-0.25, -0.2) is 0 Å².